The van der Waals surface area contributed by atoms with Gasteiger partial charge < -0.3 is 0 Å². The van der Waals surface area contributed by atoms with Crippen LogP contribution in [0.1, 0.15) is 5.56 Å². The third-order valence-corrected chi connectivity index (χ3v) is 3.74. The van der Waals surface area contributed by atoms with E-state index in [-0.39, 0.29) is 24.1 Å². The Labute approximate surface area is 88.0 Å². The zero-order chi connectivity index (χ0) is 10.9. The minimum Gasteiger partial charge on any atom is -0.270 e. The van der Waals surface area contributed by atoms with Gasteiger partial charge in [0.25, 0.3) is 10.1 Å². The Hall–Kier alpha value is -0.940. The lowest BCUT2D eigenvalue weighted by molar-refractivity contribution is 0.312. The van der Waals surface area contributed by atoms with Crippen molar-refractivity contribution < 1.29 is 17.0 Å². The smallest absolute Gasteiger partial charge is 0.267 e. The van der Waals surface area contributed by atoms with E-state index in [1.165, 1.54) is 12.1 Å². The molecule has 1 fully saturated rings. The predicted octanol–water partition coefficient (Wildman–Crippen LogP) is 1.34. The first kappa shape index (κ1) is 10.6. The maximum Gasteiger partial charge on any atom is 0.267 e. The van der Waals surface area contributed by atoms with Gasteiger partial charge in [-0.2, -0.15) is 8.42 Å². The second-order valence-electron chi connectivity index (χ2n) is 3.71. The van der Waals surface area contributed by atoms with E-state index in [1.54, 1.807) is 12.1 Å². The first-order valence-electron chi connectivity index (χ1n) is 4.67. The Morgan fingerprint density at radius 2 is 2.00 bits per heavy atom. The van der Waals surface area contributed by atoms with Crippen LogP contribution < -0.4 is 0 Å². The Morgan fingerprint density at radius 1 is 1.33 bits per heavy atom. The number of halogens is 1. The van der Waals surface area contributed by atoms with Crippen molar-refractivity contribution in [3.05, 3.63) is 35.6 Å². The minimum atomic E-state index is -3.30. The fourth-order valence-corrected chi connectivity index (χ4v) is 2.94. The van der Waals surface area contributed by atoms with Crippen molar-refractivity contribution >= 4 is 10.1 Å². The average molecular weight is 230 g/mol. The van der Waals surface area contributed by atoms with Crippen LogP contribution in [0, 0.1) is 11.7 Å². The summed E-state index contributed by atoms with van der Waals surface area (Å²) in [5.41, 5.74) is 0.933. The molecular weight excluding hydrogens is 219 g/mol. The van der Waals surface area contributed by atoms with E-state index >= 15 is 0 Å². The normalized spacial score (nSPS) is 24.2. The van der Waals surface area contributed by atoms with Crippen molar-refractivity contribution in [2.45, 2.75) is 6.42 Å². The van der Waals surface area contributed by atoms with E-state index in [2.05, 4.69) is 4.18 Å². The summed E-state index contributed by atoms with van der Waals surface area (Å²) in [7, 11) is -3.30. The second-order valence-corrected chi connectivity index (χ2v) is 5.39. The van der Waals surface area contributed by atoms with E-state index in [9.17, 15) is 12.8 Å². The van der Waals surface area contributed by atoms with Crippen molar-refractivity contribution in [1.82, 2.24) is 0 Å². The zero-order valence-corrected chi connectivity index (χ0v) is 8.84. The van der Waals surface area contributed by atoms with Gasteiger partial charge in [0.1, 0.15) is 5.82 Å². The largest absolute Gasteiger partial charge is 0.270 e. The molecule has 0 bridgehead atoms. The van der Waals surface area contributed by atoms with Crippen molar-refractivity contribution in [3.8, 4) is 0 Å². The van der Waals surface area contributed by atoms with E-state index in [0.29, 0.717) is 6.42 Å². The van der Waals surface area contributed by atoms with Crippen LogP contribution in [0.4, 0.5) is 4.39 Å². The molecule has 15 heavy (non-hydrogen) atoms. The first-order chi connectivity index (χ1) is 7.05. The van der Waals surface area contributed by atoms with Crippen molar-refractivity contribution in [2.24, 2.45) is 5.92 Å². The average Bonchev–Trinajstić information content (AvgIpc) is 2.50. The summed E-state index contributed by atoms with van der Waals surface area (Å²) in [6.07, 6.45) is 0.611. The molecule has 5 heteroatoms. The second kappa shape index (κ2) is 3.90. The van der Waals surface area contributed by atoms with Crippen LogP contribution in [0.3, 0.4) is 0 Å². The summed E-state index contributed by atoms with van der Waals surface area (Å²) < 4.78 is 39.3. The van der Waals surface area contributed by atoms with Crippen molar-refractivity contribution in [2.75, 3.05) is 12.4 Å². The van der Waals surface area contributed by atoms with Gasteiger partial charge in [-0.3, -0.25) is 4.18 Å². The molecule has 0 spiro atoms. The number of hydrogen-bond donors (Lipinski definition) is 0. The third-order valence-electron chi connectivity index (χ3n) is 2.36. The van der Waals surface area contributed by atoms with E-state index in [4.69, 9.17) is 0 Å². The van der Waals surface area contributed by atoms with Gasteiger partial charge in [-0.05, 0) is 24.1 Å². The van der Waals surface area contributed by atoms with Gasteiger partial charge in [0.05, 0.1) is 12.4 Å². The van der Waals surface area contributed by atoms with Crippen LogP contribution in [-0.2, 0) is 20.7 Å². The molecule has 1 aliphatic heterocycles. The van der Waals surface area contributed by atoms with Crippen LogP contribution >= 0.6 is 0 Å². The Bertz CT molecular complexity index is 438. The molecule has 3 nitrogen and oxygen atoms in total. The first-order valence-corrected chi connectivity index (χ1v) is 6.24. The molecule has 0 radical (unpaired) electrons. The third kappa shape index (κ3) is 2.76. The minimum absolute atomic E-state index is 0.0135. The molecule has 0 saturated carbocycles. The highest BCUT2D eigenvalue weighted by molar-refractivity contribution is 7.86. The molecule has 0 N–H and O–H groups in total. The SMILES string of the molecule is O=S1(=O)C[C@H](Cc2ccc(F)cc2)CO1. The fraction of sp³-hybridized carbons (Fsp3) is 0.400. The molecule has 82 valence electrons. The monoisotopic (exact) mass is 230 g/mol. The van der Waals surface area contributed by atoms with E-state index < -0.39 is 10.1 Å². The summed E-state index contributed by atoms with van der Waals surface area (Å²) in [4.78, 5) is 0. The van der Waals surface area contributed by atoms with Crippen LogP contribution in [0.15, 0.2) is 24.3 Å². The Balaban J connectivity index is 2.02. The Morgan fingerprint density at radius 3 is 2.53 bits per heavy atom. The molecule has 1 heterocycles. The molecule has 1 atom stereocenters. The number of benzene rings is 1. The molecule has 0 unspecified atom stereocenters. The van der Waals surface area contributed by atoms with Crippen molar-refractivity contribution in [1.29, 1.82) is 0 Å². The van der Waals surface area contributed by atoms with Crippen LogP contribution in [0.5, 0.6) is 0 Å². The quantitative estimate of drug-likeness (QED) is 0.720. The molecule has 1 saturated heterocycles. The highest BCUT2D eigenvalue weighted by atomic mass is 32.2. The highest BCUT2D eigenvalue weighted by Crippen LogP contribution is 2.19. The van der Waals surface area contributed by atoms with Crippen LogP contribution in [0.2, 0.25) is 0 Å². The molecule has 0 amide bonds. The molecular formula is C10H11FO3S. The van der Waals surface area contributed by atoms with Gasteiger partial charge in [0.2, 0.25) is 0 Å². The van der Waals surface area contributed by atoms with Gasteiger partial charge in [-0.25, -0.2) is 4.39 Å². The highest BCUT2D eigenvalue weighted by Gasteiger charge is 2.28. The Kier molecular flexibility index (Phi) is 2.75. The summed E-state index contributed by atoms with van der Waals surface area (Å²) >= 11 is 0. The van der Waals surface area contributed by atoms with Crippen LogP contribution in [-0.4, -0.2) is 20.8 Å². The standard InChI is InChI=1S/C10H11FO3S/c11-10-3-1-8(2-4-10)5-9-6-14-15(12,13)7-9/h1-4,9H,5-7H2/t9-/m1/s1. The van der Waals surface area contributed by atoms with E-state index in [0.717, 1.165) is 5.56 Å². The van der Waals surface area contributed by atoms with Crippen molar-refractivity contribution in [3.63, 3.8) is 0 Å². The maximum absolute atomic E-state index is 12.6. The molecule has 0 aliphatic carbocycles. The summed E-state index contributed by atoms with van der Waals surface area (Å²) in [6, 6.07) is 6.08. The number of rotatable bonds is 2. The van der Waals surface area contributed by atoms with Gasteiger partial charge in [-0.1, -0.05) is 12.1 Å². The molecule has 1 aromatic rings. The number of hydrogen-bond acceptors (Lipinski definition) is 3. The van der Waals surface area contributed by atoms with Gasteiger partial charge in [0, 0.05) is 5.92 Å². The van der Waals surface area contributed by atoms with Gasteiger partial charge >= 0.3 is 0 Å². The lowest BCUT2D eigenvalue weighted by atomic mass is 10.0. The summed E-state index contributed by atoms with van der Waals surface area (Å²) in [5.74, 6) is -0.237. The lowest BCUT2D eigenvalue weighted by Crippen LogP contribution is -2.09. The maximum atomic E-state index is 12.6. The molecule has 1 aromatic carbocycles. The van der Waals surface area contributed by atoms with Crippen LogP contribution in [0.25, 0.3) is 0 Å². The molecule has 2 rings (SSSR count). The van der Waals surface area contributed by atoms with Gasteiger partial charge in [0.15, 0.2) is 0 Å². The van der Waals surface area contributed by atoms with Gasteiger partial charge in [-0.15, -0.1) is 0 Å². The topological polar surface area (TPSA) is 43.4 Å². The molecule has 1 aliphatic rings. The summed E-state index contributed by atoms with van der Waals surface area (Å²) in [5, 5.41) is 0. The summed E-state index contributed by atoms with van der Waals surface area (Å²) in [6.45, 7) is 0.236. The zero-order valence-electron chi connectivity index (χ0n) is 8.02. The molecule has 0 aromatic heterocycles. The van der Waals surface area contributed by atoms with E-state index in [1.807, 2.05) is 0 Å². The lowest BCUT2D eigenvalue weighted by Gasteiger charge is -2.05. The fourth-order valence-electron chi connectivity index (χ4n) is 1.66. The predicted molar refractivity (Wildman–Crippen MR) is 53.3 cm³/mol.